The first-order valence-electron chi connectivity index (χ1n) is 7.61. The highest BCUT2D eigenvalue weighted by Gasteiger charge is 2.19. The number of aromatic nitrogens is 2. The standard InChI is InChI=1S/C18H18N4OS/c1-13(15-10-6-7-11-19-15)22(2)18(23)21-17-20-12-16(24-17)14-8-4-3-5-9-14/h3-13H,1-2H3,(H,20,21,23). The number of benzene rings is 1. The molecule has 1 atom stereocenters. The number of nitrogens with zero attached hydrogens (tertiary/aromatic N) is 3. The lowest BCUT2D eigenvalue weighted by Gasteiger charge is -2.24. The summed E-state index contributed by atoms with van der Waals surface area (Å²) >= 11 is 1.45. The number of hydrogen-bond donors (Lipinski definition) is 1. The molecule has 0 radical (unpaired) electrons. The van der Waals surface area contributed by atoms with Gasteiger partial charge in [-0.1, -0.05) is 47.7 Å². The summed E-state index contributed by atoms with van der Waals surface area (Å²) in [5, 5.41) is 3.43. The largest absolute Gasteiger partial charge is 0.323 e. The van der Waals surface area contributed by atoms with Crippen molar-refractivity contribution in [1.82, 2.24) is 14.9 Å². The van der Waals surface area contributed by atoms with Crippen molar-refractivity contribution in [2.75, 3.05) is 12.4 Å². The number of urea groups is 1. The van der Waals surface area contributed by atoms with Crippen LogP contribution in [-0.2, 0) is 0 Å². The number of nitrogens with one attached hydrogen (secondary N) is 1. The Morgan fingerprint density at radius 2 is 1.88 bits per heavy atom. The zero-order chi connectivity index (χ0) is 16.9. The van der Waals surface area contributed by atoms with Crippen molar-refractivity contribution < 1.29 is 4.79 Å². The number of anilines is 1. The molecule has 122 valence electrons. The van der Waals surface area contributed by atoms with Gasteiger partial charge in [0.15, 0.2) is 5.13 Å². The molecule has 0 bridgehead atoms. The van der Waals surface area contributed by atoms with Crippen LogP contribution in [0.25, 0.3) is 10.4 Å². The van der Waals surface area contributed by atoms with Crippen molar-refractivity contribution in [1.29, 1.82) is 0 Å². The topological polar surface area (TPSA) is 58.1 Å². The van der Waals surface area contributed by atoms with Crippen molar-refractivity contribution in [2.24, 2.45) is 0 Å². The molecule has 0 fully saturated rings. The molecule has 1 N–H and O–H groups in total. The summed E-state index contributed by atoms with van der Waals surface area (Å²) in [6.45, 7) is 1.94. The molecule has 5 nitrogen and oxygen atoms in total. The van der Waals surface area contributed by atoms with Crippen LogP contribution in [0.4, 0.5) is 9.93 Å². The van der Waals surface area contributed by atoms with Gasteiger partial charge in [0.1, 0.15) is 0 Å². The van der Waals surface area contributed by atoms with Gasteiger partial charge in [-0.05, 0) is 24.6 Å². The van der Waals surface area contributed by atoms with E-state index in [-0.39, 0.29) is 12.1 Å². The minimum Gasteiger partial charge on any atom is -0.319 e. The van der Waals surface area contributed by atoms with Gasteiger partial charge in [-0.25, -0.2) is 9.78 Å². The number of pyridine rings is 1. The molecule has 2 aromatic heterocycles. The summed E-state index contributed by atoms with van der Waals surface area (Å²) in [6, 6.07) is 15.3. The second-order valence-electron chi connectivity index (χ2n) is 5.37. The summed E-state index contributed by atoms with van der Waals surface area (Å²) in [7, 11) is 1.75. The van der Waals surface area contributed by atoms with E-state index in [0.717, 1.165) is 16.1 Å². The van der Waals surface area contributed by atoms with E-state index in [0.29, 0.717) is 5.13 Å². The van der Waals surface area contributed by atoms with Crippen molar-refractivity contribution in [2.45, 2.75) is 13.0 Å². The van der Waals surface area contributed by atoms with Gasteiger partial charge in [0.05, 0.1) is 16.6 Å². The molecular formula is C18H18N4OS. The van der Waals surface area contributed by atoms with Crippen LogP contribution in [0.5, 0.6) is 0 Å². The van der Waals surface area contributed by atoms with Crippen LogP contribution in [-0.4, -0.2) is 27.9 Å². The Morgan fingerprint density at radius 1 is 1.12 bits per heavy atom. The van der Waals surface area contributed by atoms with E-state index in [1.807, 2.05) is 55.5 Å². The first-order valence-corrected chi connectivity index (χ1v) is 8.43. The van der Waals surface area contributed by atoms with Crippen LogP contribution in [0.3, 0.4) is 0 Å². The van der Waals surface area contributed by atoms with Gasteiger partial charge in [0.25, 0.3) is 0 Å². The molecule has 2 amide bonds. The smallest absolute Gasteiger partial charge is 0.319 e. The highest BCUT2D eigenvalue weighted by molar-refractivity contribution is 7.19. The third-order valence-electron chi connectivity index (χ3n) is 3.79. The molecule has 24 heavy (non-hydrogen) atoms. The SMILES string of the molecule is CC(c1ccccn1)N(C)C(=O)Nc1ncc(-c2ccccc2)s1. The van der Waals surface area contributed by atoms with Gasteiger partial charge in [0, 0.05) is 19.4 Å². The predicted molar refractivity (Wildman–Crippen MR) is 97.0 cm³/mol. The molecule has 0 saturated heterocycles. The number of rotatable bonds is 4. The van der Waals surface area contributed by atoms with Gasteiger partial charge in [0.2, 0.25) is 0 Å². The van der Waals surface area contributed by atoms with Crippen LogP contribution in [0.2, 0.25) is 0 Å². The molecule has 1 aromatic carbocycles. The second-order valence-corrected chi connectivity index (χ2v) is 6.40. The van der Waals surface area contributed by atoms with Crippen molar-refractivity contribution >= 4 is 22.5 Å². The van der Waals surface area contributed by atoms with Gasteiger partial charge >= 0.3 is 6.03 Å². The first kappa shape index (κ1) is 16.1. The van der Waals surface area contributed by atoms with Crippen molar-refractivity contribution in [3.05, 3.63) is 66.6 Å². The average molecular weight is 338 g/mol. The Labute approximate surface area is 145 Å². The molecule has 0 aliphatic rings. The third kappa shape index (κ3) is 3.60. The molecule has 3 rings (SSSR count). The molecule has 0 spiro atoms. The summed E-state index contributed by atoms with van der Waals surface area (Å²) in [6.07, 6.45) is 3.50. The summed E-state index contributed by atoms with van der Waals surface area (Å²) in [4.78, 5) is 23.7. The quantitative estimate of drug-likeness (QED) is 0.765. The van der Waals surface area contributed by atoms with Crippen LogP contribution >= 0.6 is 11.3 Å². The van der Waals surface area contributed by atoms with Crippen LogP contribution < -0.4 is 5.32 Å². The molecule has 0 aliphatic heterocycles. The number of hydrogen-bond acceptors (Lipinski definition) is 4. The highest BCUT2D eigenvalue weighted by atomic mass is 32.1. The van der Waals surface area contributed by atoms with Gasteiger partial charge in [-0.3, -0.25) is 10.3 Å². The molecule has 6 heteroatoms. The average Bonchev–Trinajstić information content (AvgIpc) is 3.10. The lowest BCUT2D eigenvalue weighted by molar-refractivity contribution is 0.207. The molecule has 0 saturated carbocycles. The Morgan fingerprint density at radius 3 is 2.58 bits per heavy atom. The minimum absolute atomic E-state index is 0.125. The maximum Gasteiger partial charge on any atom is 0.323 e. The molecule has 2 heterocycles. The minimum atomic E-state index is -0.206. The maximum absolute atomic E-state index is 12.4. The summed E-state index contributed by atoms with van der Waals surface area (Å²) in [5.74, 6) is 0. The Kier molecular flexibility index (Phi) is 4.86. The normalized spacial score (nSPS) is 11.8. The summed E-state index contributed by atoms with van der Waals surface area (Å²) < 4.78 is 0. The fourth-order valence-electron chi connectivity index (χ4n) is 2.24. The van der Waals surface area contributed by atoms with E-state index in [2.05, 4.69) is 15.3 Å². The van der Waals surface area contributed by atoms with E-state index in [1.165, 1.54) is 11.3 Å². The summed E-state index contributed by atoms with van der Waals surface area (Å²) in [5.41, 5.74) is 1.94. The van der Waals surface area contributed by atoms with Crippen molar-refractivity contribution in [3.63, 3.8) is 0 Å². The number of thiazole rings is 1. The maximum atomic E-state index is 12.4. The molecule has 3 aromatic rings. The number of amides is 2. The lowest BCUT2D eigenvalue weighted by atomic mass is 10.2. The van der Waals surface area contributed by atoms with Crippen LogP contribution in [0, 0.1) is 0 Å². The van der Waals surface area contributed by atoms with E-state index in [1.54, 1.807) is 24.3 Å². The van der Waals surface area contributed by atoms with Gasteiger partial charge < -0.3 is 4.90 Å². The number of carbonyl (C=O) groups is 1. The monoisotopic (exact) mass is 338 g/mol. The Balaban J connectivity index is 1.68. The molecular weight excluding hydrogens is 320 g/mol. The van der Waals surface area contributed by atoms with E-state index in [9.17, 15) is 4.79 Å². The van der Waals surface area contributed by atoms with Crippen molar-refractivity contribution in [3.8, 4) is 10.4 Å². The third-order valence-corrected chi connectivity index (χ3v) is 4.76. The van der Waals surface area contributed by atoms with Crippen LogP contribution in [0.15, 0.2) is 60.9 Å². The lowest BCUT2D eigenvalue weighted by Crippen LogP contribution is -2.33. The van der Waals surface area contributed by atoms with Gasteiger partial charge in [-0.15, -0.1) is 0 Å². The Bertz CT molecular complexity index is 804. The predicted octanol–water partition coefficient (Wildman–Crippen LogP) is 4.43. The fraction of sp³-hybridized carbons (Fsp3) is 0.167. The highest BCUT2D eigenvalue weighted by Crippen LogP contribution is 2.29. The van der Waals surface area contributed by atoms with Crippen LogP contribution in [0.1, 0.15) is 18.7 Å². The first-order chi connectivity index (χ1) is 11.6. The zero-order valence-corrected chi connectivity index (χ0v) is 14.3. The Hall–Kier alpha value is -2.73. The zero-order valence-electron chi connectivity index (χ0n) is 13.5. The number of carbonyl (C=O) groups excluding carboxylic acids is 1. The molecule has 0 aliphatic carbocycles. The second kappa shape index (κ2) is 7.23. The van der Waals surface area contributed by atoms with E-state index in [4.69, 9.17) is 0 Å². The molecule has 1 unspecified atom stereocenters. The van der Waals surface area contributed by atoms with E-state index >= 15 is 0 Å². The van der Waals surface area contributed by atoms with Gasteiger partial charge in [-0.2, -0.15) is 0 Å². The van der Waals surface area contributed by atoms with E-state index < -0.39 is 0 Å². The fourth-order valence-corrected chi connectivity index (χ4v) is 3.06.